The first-order valence-electron chi connectivity index (χ1n) is 9.47. The van der Waals surface area contributed by atoms with Crippen molar-refractivity contribution in [3.8, 4) is 0 Å². The lowest BCUT2D eigenvalue weighted by atomic mass is 10.1. The topological polar surface area (TPSA) is 60.4 Å². The van der Waals surface area contributed by atoms with Gasteiger partial charge in [0.15, 0.2) is 5.96 Å². The Balaban J connectivity index is 0.00000392. The van der Waals surface area contributed by atoms with Crippen LogP contribution in [0.15, 0.2) is 23.2 Å². The van der Waals surface area contributed by atoms with Crippen LogP contribution in [0.1, 0.15) is 11.1 Å². The number of hydrogen-bond donors (Lipinski definition) is 1. The standard InChI is InChI=1S/C20H33N5O2.HI/c1-16-6-7-17(2)18(14-16)24-9-11-25(12-10-24)20(21-8-13-27-5)22-15-19(26)23(3)4;/h6-7,14H,8-13,15H2,1-5H3,(H,21,22);1H. The number of nitrogens with one attached hydrogen (secondary N) is 1. The third-order valence-corrected chi connectivity index (χ3v) is 4.74. The summed E-state index contributed by atoms with van der Waals surface area (Å²) in [6.45, 7) is 9.29. The lowest BCUT2D eigenvalue weighted by Crippen LogP contribution is -2.53. The number of benzene rings is 1. The normalized spacial score (nSPS) is 14.5. The SMILES string of the molecule is COCCNC(=NCC(=O)N(C)C)N1CCN(c2cc(C)ccc2C)CC1.I. The molecule has 158 valence electrons. The molecule has 1 aromatic rings. The number of aryl methyl sites for hydroxylation is 2. The summed E-state index contributed by atoms with van der Waals surface area (Å²) in [4.78, 5) is 22.7. The number of aliphatic imine (C=N–C) groups is 1. The van der Waals surface area contributed by atoms with Gasteiger partial charge in [0, 0.05) is 59.6 Å². The quantitative estimate of drug-likeness (QED) is 0.278. The molecule has 1 N–H and O–H groups in total. The minimum atomic E-state index is -0.00457. The Bertz CT molecular complexity index is 658. The van der Waals surface area contributed by atoms with Gasteiger partial charge < -0.3 is 24.8 Å². The van der Waals surface area contributed by atoms with Crippen LogP contribution in [0.2, 0.25) is 0 Å². The average Bonchev–Trinajstić information content (AvgIpc) is 2.66. The first-order chi connectivity index (χ1) is 12.9. The molecule has 0 unspecified atom stereocenters. The zero-order valence-corrected chi connectivity index (χ0v) is 20.0. The zero-order chi connectivity index (χ0) is 19.8. The van der Waals surface area contributed by atoms with Crippen LogP contribution in [-0.4, -0.2) is 88.7 Å². The molecule has 0 spiro atoms. The number of amides is 1. The number of anilines is 1. The van der Waals surface area contributed by atoms with Crippen molar-refractivity contribution in [3.05, 3.63) is 29.3 Å². The summed E-state index contributed by atoms with van der Waals surface area (Å²) in [5.41, 5.74) is 3.89. The van der Waals surface area contributed by atoms with Crippen molar-refractivity contribution in [2.75, 3.05) is 72.0 Å². The lowest BCUT2D eigenvalue weighted by molar-refractivity contribution is -0.127. The minimum Gasteiger partial charge on any atom is -0.383 e. The molecule has 1 aliphatic heterocycles. The van der Waals surface area contributed by atoms with Crippen LogP contribution in [-0.2, 0) is 9.53 Å². The Morgan fingerprint density at radius 2 is 1.89 bits per heavy atom. The second-order valence-electron chi connectivity index (χ2n) is 7.11. The summed E-state index contributed by atoms with van der Waals surface area (Å²) in [7, 11) is 5.18. The number of likely N-dealkylation sites (N-methyl/N-ethyl adjacent to an activating group) is 1. The van der Waals surface area contributed by atoms with E-state index in [1.54, 1.807) is 26.1 Å². The van der Waals surface area contributed by atoms with Crippen molar-refractivity contribution in [1.82, 2.24) is 15.1 Å². The van der Waals surface area contributed by atoms with Crippen LogP contribution >= 0.6 is 24.0 Å². The Morgan fingerprint density at radius 1 is 1.21 bits per heavy atom. The van der Waals surface area contributed by atoms with E-state index in [9.17, 15) is 4.79 Å². The maximum absolute atomic E-state index is 11.9. The smallest absolute Gasteiger partial charge is 0.243 e. The Labute approximate surface area is 186 Å². The van der Waals surface area contributed by atoms with E-state index < -0.39 is 0 Å². The largest absolute Gasteiger partial charge is 0.383 e. The first-order valence-corrected chi connectivity index (χ1v) is 9.47. The molecule has 1 amide bonds. The summed E-state index contributed by atoms with van der Waals surface area (Å²) < 4.78 is 5.12. The van der Waals surface area contributed by atoms with Gasteiger partial charge >= 0.3 is 0 Å². The molecule has 1 saturated heterocycles. The zero-order valence-electron chi connectivity index (χ0n) is 17.7. The summed E-state index contributed by atoms with van der Waals surface area (Å²) >= 11 is 0. The van der Waals surface area contributed by atoms with E-state index >= 15 is 0 Å². The molecule has 0 radical (unpaired) electrons. The van der Waals surface area contributed by atoms with E-state index in [-0.39, 0.29) is 36.4 Å². The van der Waals surface area contributed by atoms with Crippen LogP contribution in [0, 0.1) is 13.8 Å². The Hall–Kier alpha value is -1.55. The molecule has 2 rings (SSSR count). The predicted molar refractivity (Wildman–Crippen MR) is 126 cm³/mol. The molecule has 7 nitrogen and oxygen atoms in total. The number of nitrogens with zero attached hydrogens (tertiary/aromatic N) is 4. The molecule has 0 bridgehead atoms. The highest BCUT2D eigenvalue weighted by molar-refractivity contribution is 14.0. The van der Waals surface area contributed by atoms with Gasteiger partial charge in [0.25, 0.3) is 0 Å². The van der Waals surface area contributed by atoms with E-state index in [4.69, 9.17) is 4.74 Å². The maximum atomic E-state index is 11.9. The molecule has 28 heavy (non-hydrogen) atoms. The summed E-state index contributed by atoms with van der Waals surface area (Å²) in [5.74, 6) is 0.776. The molecule has 0 saturated carbocycles. The summed E-state index contributed by atoms with van der Waals surface area (Å²) in [5, 5.41) is 3.32. The van der Waals surface area contributed by atoms with Crippen LogP contribution in [0.3, 0.4) is 0 Å². The van der Waals surface area contributed by atoms with Gasteiger partial charge in [-0.2, -0.15) is 0 Å². The molecule has 1 fully saturated rings. The van der Waals surface area contributed by atoms with Crippen molar-refractivity contribution in [1.29, 1.82) is 0 Å². The van der Waals surface area contributed by atoms with Crippen LogP contribution in [0.4, 0.5) is 5.69 Å². The van der Waals surface area contributed by atoms with Gasteiger partial charge in [-0.05, 0) is 31.0 Å². The molecular weight excluding hydrogens is 469 g/mol. The maximum Gasteiger partial charge on any atom is 0.243 e. The second-order valence-corrected chi connectivity index (χ2v) is 7.11. The Kier molecular flexibility index (Phi) is 10.6. The van der Waals surface area contributed by atoms with Crippen molar-refractivity contribution in [2.24, 2.45) is 4.99 Å². The number of rotatable bonds is 6. The van der Waals surface area contributed by atoms with E-state index in [2.05, 4.69) is 52.2 Å². The lowest BCUT2D eigenvalue weighted by Gasteiger charge is -2.38. The van der Waals surface area contributed by atoms with Crippen molar-refractivity contribution in [3.63, 3.8) is 0 Å². The highest BCUT2D eigenvalue weighted by Crippen LogP contribution is 2.22. The molecular formula is C20H34IN5O2. The van der Waals surface area contributed by atoms with E-state index in [0.29, 0.717) is 13.2 Å². The number of piperazine rings is 1. The van der Waals surface area contributed by atoms with Gasteiger partial charge in [-0.15, -0.1) is 24.0 Å². The first kappa shape index (κ1) is 24.5. The van der Waals surface area contributed by atoms with Crippen molar-refractivity contribution in [2.45, 2.75) is 13.8 Å². The number of guanidine groups is 1. The van der Waals surface area contributed by atoms with Crippen LogP contribution < -0.4 is 10.2 Å². The highest BCUT2D eigenvalue weighted by atomic mass is 127. The number of halogens is 1. The van der Waals surface area contributed by atoms with Crippen molar-refractivity contribution >= 4 is 41.5 Å². The molecule has 1 aliphatic rings. The number of methoxy groups -OCH3 is 1. The van der Waals surface area contributed by atoms with Crippen molar-refractivity contribution < 1.29 is 9.53 Å². The van der Waals surface area contributed by atoms with Gasteiger partial charge in [0.2, 0.25) is 5.91 Å². The highest BCUT2D eigenvalue weighted by Gasteiger charge is 2.21. The summed E-state index contributed by atoms with van der Waals surface area (Å²) in [6.07, 6.45) is 0. The number of hydrogen-bond acceptors (Lipinski definition) is 4. The molecule has 8 heteroatoms. The number of ether oxygens (including phenoxy) is 1. The van der Waals surface area contributed by atoms with Gasteiger partial charge in [-0.25, -0.2) is 4.99 Å². The molecule has 0 aliphatic carbocycles. The van der Waals surface area contributed by atoms with Gasteiger partial charge in [-0.1, -0.05) is 12.1 Å². The van der Waals surface area contributed by atoms with Gasteiger partial charge in [-0.3, -0.25) is 4.79 Å². The van der Waals surface area contributed by atoms with Crippen LogP contribution in [0.25, 0.3) is 0 Å². The van der Waals surface area contributed by atoms with E-state index in [1.807, 2.05) is 0 Å². The number of carbonyl (C=O) groups excluding carboxylic acids is 1. The average molecular weight is 503 g/mol. The fraction of sp³-hybridized carbons (Fsp3) is 0.600. The third kappa shape index (κ3) is 7.12. The molecule has 1 heterocycles. The predicted octanol–water partition coefficient (Wildman–Crippen LogP) is 1.72. The third-order valence-electron chi connectivity index (χ3n) is 4.74. The molecule has 1 aromatic carbocycles. The minimum absolute atomic E-state index is 0. The summed E-state index contributed by atoms with van der Waals surface area (Å²) in [6, 6.07) is 6.59. The van der Waals surface area contributed by atoms with E-state index in [1.165, 1.54) is 16.8 Å². The van der Waals surface area contributed by atoms with Crippen LogP contribution in [0.5, 0.6) is 0 Å². The fourth-order valence-electron chi connectivity index (χ4n) is 3.04. The number of carbonyl (C=O) groups is 1. The van der Waals surface area contributed by atoms with E-state index in [0.717, 1.165) is 32.1 Å². The van der Waals surface area contributed by atoms with Gasteiger partial charge in [0.05, 0.1) is 6.61 Å². The Morgan fingerprint density at radius 3 is 2.50 bits per heavy atom. The molecule has 0 aromatic heterocycles. The fourth-order valence-corrected chi connectivity index (χ4v) is 3.04. The monoisotopic (exact) mass is 503 g/mol. The second kappa shape index (κ2) is 12.1. The molecule has 0 atom stereocenters. The van der Waals surface area contributed by atoms with Gasteiger partial charge in [0.1, 0.15) is 6.54 Å².